The van der Waals surface area contributed by atoms with E-state index in [2.05, 4.69) is 140 Å². The zero-order valence-electron chi connectivity index (χ0n) is 33.3. The van der Waals surface area contributed by atoms with Crippen LogP contribution in [-0.4, -0.2) is 28.5 Å². The average molecular weight is 765 g/mol. The van der Waals surface area contributed by atoms with Gasteiger partial charge in [-0.05, 0) is 93.0 Å². The molecule has 0 unspecified atom stereocenters. The van der Waals surface area contributed by atoms with Crippen LogP contribution in [0.5, 0.6) is 0 Å². The summed E-state index contributed by atoms with van der Waals surface area (Å²) >= 11 is 0. The molecule has 8 aromatic carbocycles. The first-order chi connectivity index (χ1) is 28.9. The van der Waals surface area contributed by atoms with Crippen molar-refractivity contribution in [1.82, 2.24) is 4.57 Å². The number of hydrogen-bond donors (Lipinski definition) is 3. The number of benzene rings is 8. The Balaban J connectivity index is 0.00000221. The van der Waals surface area contributed by atoms with Crippen molar-refractivity contribution in [3.63, 3.8) is 0 Å². The van der Waals surface area contributed by atoms with Crippen molar-refractivity contribution < 1.29 is 5.11 Å². The summed E-state index contributed by atoms with van der Waals surface area (Å²) < 4.78 is 2.37. The number of aliphatic hydroxyl groups excluding tert-OH is 1. The summed E-state index contributed by atoms with van der Waals surface area (Å²) in [6.07, 6.45) is 0. The lowest BCUT2D eigenvalue weighted by atomic mass is 9.82. The Labute approximate surface area is 345 Å². The maximum Gasteiger partial charge on any atom is 0.138 e. The molecule has 286 valence electrons. The van der Waals surface area contributed by atoms with E-state index in [9.17, 15) is 10.8 Å². The summed E-state index contributed by atoms with van der Waals surface area (Å²) in [5.41, 5.74) is 15.6. The predicted octanol–water partition coefficient (Wildman–Crippen LogP) is 12.9. The number of nitrogens with zero attached hydrogens (tertiary/aromatic N) is 2. The molecule has 1 aliphatic carbocycles. The van der Waals surface area contributed by atoms with E-state index in [1.54, 1.807) is 4.90 Å². The lowest BCUT2D eigenvalue weighted by molar-refractivity contribution is 0.399. The fourth-order valence-electron chi connectivity index (χ4n) is 8.86. The number of fused-ring (bicyclic) bond motifs is 6. The highest BCUT2D eigenvalue weighted by atomic mass is 16.2. The van der Waals surface area contributed by atoms with Gasteiger partial charge in [-0.15, -0.1) is 0 Å². The molecule has 1 heterocycles. The number of nitrogens with one attached hydrogen (secondary N) is 2. The molecule has 59 heavy (non-hydrogen) atoms. The molecule has 0 saturated heterocycles. The minimum absolute atomic E-state index is 0.0391. The Morgan fingerprint density at radius 3 is 1.66 bits per heavy atom. The Morgan fingerprint density at radius 1 is 0.475 bits per heavy atom. The molecule has 1 aromatic heterocycles. The first-order valence-corrected chi connectivity index (χ1v) is 19.9. The van der Waals surface area contributed by atoms with Crippen LogP contribution < -0.4 is 4.90 Å². The van der Waals surface area contributed by atoms with Crippen molar-refractivity contribution in [2.24, 2.45) is 0 Å². The standard InChI is InChI=1S/C53H40N4.CH4O/c1-53(2)46-23-13-12-21-43(46)44-33-38(27-31-47(44)53)39-28-32-48-45(34-39)50-42(22-14-24-49(50)56(48)40-19-10-5-11-20-40)35-25-29-41(30-26-35)57(51(54)36-15-6-3-7-16-36)52(55)37-17-8-4-9-18-37;1-2/h3-34,54-55H,1-2H3;2H,1H3. The van der Waals surface area contributed by atoms with Crippen LogP contribution in [0.2, 0.25) is 0 Å². The quantitative estimate of drug-likeness (QED) is 0.116. The van der Waals surface area contributed by atoms with Crippen LogP contribution >= 0.6 is 0 Å². The van der Waals surface area contributed by atoms with Crippen molar-refractivity contribution in [2.45, 2.75) is 19.3 Å². The lowest BCUT2D eigenvalue weighted by Gasteiger charge is -2.26. The summed E-state index contributed by atoms with van der Waals surface area (Å²) in [5.74, 6) is 0.493. The second kappa shape index (κ2) is 15.2. The largest absolute Gasteiger partial charge is 0.400 e. The van der Waals surface area contributed by atoms with Crippen molar-refractivity contribution in [1.29, 1.82) is 10.8 Å². The first kappa shape index (κ1) is 37.2. The maximum absolute atomic E-state index is 9.27. The van der Waals surface area contributed by atoms with Gasteiger partial charge in [0.1, 0.15) is 11.7 Å². The number of para-hydroxylation sites is 1. The fourth-order valence-corrected chi connectivity index (χ4v) is 8.86. The smallest absolute Gasteiger partial charge is 0.138 e. The Hall–Kier alpha value is -7.34. The van der Waals surface area contributed by atoms with Gasteiger partial charge in [-0.25, -0.2) is 0 Å². The second-order valence-electron chi connectivity index (χ2n) is 15.3. The van der Waals surface area contributed by atoms with Gasteiger partial charge in [0.05, 0.1) is 11.0 Å². The number of anilines is 1. The van der Waals surface area contributed by atoms with Gasteiger partial charge in [0, 0.05) is 45.8 Å². The van der Waals surface area contributed by atoms with E-state index in [4.69, 9.17) is 5.11 Å². The highest BCUT2D eigenvalue weighted by Crippen LogP contribution is 2.50. The van der Waals surface area contributed by atoms with E-state index >= 15 is 0 Å². The molecule has 5 nitrogen and oxygen atoms in total. The predicted molar refractivity (Wildman–Crippen MR) is 246 cm³/mol. The summed E-state index contributed by atoms with van der Waals surface area (Å²) in [6, 6.07) is 67.5. The Morgan fingerprint density at radius 2 is 1.00 bits per heavy atom. The molecule has 3 N–H and O–H groups in total. The molecule has 0 saturated carbocycles. The van der Waals surface area contributed by atoms with Gasteiger partial charge in [-0.2, -0.15) is 0 Å². The third kappa shape index (κ3) is 6.33. The van der Waals surface area contributed by atoms with Gasteiger partial charge in [-0.1, -0.05) is 159 Å². The van der Waals surface area contributed by atoms with Crippen LogP contribution in [-0.2, 0) is 5.41 Å². The van der Waals surface area contributed by atoms with Gasteiger partial charge in [0.15, 0.2) is 0 Å². The molecular weight excluding hydrogens is 721 g/mol. The first-order valence-electron chi connectivity index (χ1n) is 19.9. The highest BCUT2D eigenvalue weighted by molar-refractivity contribution is 6.27. The molecule has 5 heteroatoms. The average Bonchev–Trinajstić information content (AvgIpc) is 3.76. The van der Waals surface area contributed by atoms with Crippen molar-refractivity contribution in [2.75, 3.05) is 12.0 Å². The molecule has 0 spiro atoms. The van der Waals surface area contributed by atoms with Gasteiger partial charge < -0.3 is 9.67 Å². The molecule has 0 atom stereocenters. The van der Waals surface area contributed by atoms with E-state index in [-0.39, 0.29) is 17.1 Å². The Bertz CT molecular complexity index is 2950. The molecule has 0 bridgehead atoms. The molecule has 0 amide bonds. The minimum atomic E-state index is -0.0391. The highest BCUT2D eigenvalue weighted by Gasteiger charge is 2.35. The molecule has 0 fully saturated rings. The minimum Gasteiger partial charge on any atom is -0.400 e. The summed E-state index contributed by atoms with van der Waals surface area (Å²) in [6.45, 7) is 4.66. The van der Waals surface area contributed by atoms with E-state index < -0.39 is 0 Å². The summed E-state index contributed by atoms with van der Waals surface area (Å²) in [5, 5.41) is 27.9. The zero-order valence-corrected chi connectivity index (χ0v) is 33.3. The zero-order chi connectivity index (χ0) is 40.7. The van der Waals surface area contributed by atoms with Crippen LogP contribution in [0.1, 0.15) is 36.1 Å². The number of hydrogen-bond acceptors (Lipinski definition) is 3. The topological polar surface area (TPSA) is 76.1 Å². The normalized spacial score (nSPS) is 12.3. The van der Waals surface area contributed by atoms with Gasteiger partial charge in [-0.3, -0.25) is 15.7 Å². The third-order valence-corrected chi connectivity index (χ3v) is 11.7. The van der Waals surface area contributed by atoms with Gasteiger partial charge in [0.2, 0.25) is 0 Å². The van der Waals surface area contributed by atoms with Gasteiger partial charge in [0.25, 0.3) is 0 Å². The van der Waals surface area contributed by atoms with E-state index in [0.717, 1.165) is 51.8 Å². The van der Waals surface area contributed by atoms with E-state index in [1.807, 2.05) is 72.8 Å². The van der Waals surface area contributed by atoms with Crippen LogP contribution in [0.15, 0.2) is 194 Å². The van der Waals surface area contributed by atoms with Gasteiger partial charge >= 0.3 is 0 Å². The molecule has 0 aliphatic heterocycles. The van der Waals surface area contributed by atoms with Crippen LogP contribution in [0.4, 0.5) is 5.69 Å². The maximum atomic E-state index is 9.27. The number of aliphatic hydroxyl groups is 1. The van der Waals surface area contributed by atoms with E-state index in [1.165, 1.54) is 44.2 Å². The summed E-state index contributed by atoms with van der Waals surface area (Å²) in [4.78, 5) is 1.72. The monoisotopic (exact) mass is 764 g/mol. The summed E-state index contributed by atoms with van der Waals surface area (Å²) in [7, 11) is 1.00. The van der Waals surface area contributed by atoms with Crippen LogP contribution in [0, 0.1) is 10.8 Å². The van der Waals surface area contributed by atoms with Crippen molar-refractivity contribution in [3.05, 3.63) is 216 Å². The SMILES string of the molecule is CC1(C)c2ccccc2-c2cc(-c3ccc4c(c3)c3c(-c5ccc(N(C(=N)c6ccccc6)C(=N)c6ccccc6)cc5)cccc3n4-c3ccccc3)ccc21.CO. The Kier molecular flexibility index (Phi) is 9.60. The molecular formula is C54H44N4O. The third-order valence-electron chi connectivity index (χ3n) is 11.7. The number of rotatable bonds is 6. The fraction of sp³-hybridized carbons (Fsp3) is 0.0741. The molecule has 0 radical (unpaired) electrons. The van der Waals surface area contributed by atoms with Crippen molar-refractivity contribution >= 4 is 39.2 Å². The number of aromatic nitrogens is 1. The number of amidine groups is 2. The van der Waals surface area contributed by atoms with Crippen LogP contribution in [0.25, 0.3) is 60.9 Å². The molecule has 10 rings (SSSR count). The van der Waals surface area contributed by atoms with E-state index in [0.29, 0.717) is 0 Å². The van der Waals surface area contributed by atoms with Crippen molar-refractivity contribution in [3.8, 4) is 39.1 Å². The molecule has 9 aromatic rings. The van der Waals surface area contributed by atoms with Crippen LogP contribution in [0.3, 0.4) is 0 Å². The lowest BCUT2D eigenvalue weighted by Crippen LogP contribution is -2.37. The second-order valence-corrected chi connectivity index (χ2v) is 15.3. The molecule has 1 aliphatic rings.